The fourth-order valence-electron chi connectivity index (χ4n) is 1.66. The molecule has 1 fully saturated rings. The molecule has 0 atom stereocenters. The van der Waals surface area contributed by atoms with E-state index in [1.807, 2.05) is 24.3 Å². The Morgan fingerprint density at radius 1 is 1.29 bits per heavy atom. The molecule has 3 heteroatoms. The average Bonchev–Trinajstić information content (AvgIpc) is 2.30. The maximum absolute atomic E-state index is 8.66. The maximum Gasteiger partial charge on any atom is 0.0991 e. The van der Waals surface area contributed by atoms with Crippen LogP contribution in [0.25, 0.3) is 0 Å². The lowest BCUT2D eigenvalue weighted by Gasteiger charge is -2.29. The van der Waals surface area contributed by atoms with Gasteiger partial charge in [-0.15, -0.1) is 0 Å². The summed E-state index contributed by atoms with van der Waals surface area (Å²) in [7, 11) is 0. The van der Waals surface area contributed by atoms with Gasteiger partial charge >= 0.3 is 0 Å². The summed E-state index contributed by atoms with van der Waals surface area (Å²) in [5, 5.41) is 12.0. The monoisotopic (exact) mass is 187 g/mol. The van der Waals surface area contributed by atoms with E-state index in [0.29, 0.717) is 0 Å². The Bertz CT molecular complexity index is 331. The molecule has 72 valence electrons. The van der Waals surface area contributed by atoms with Crippen molar-refractivity contribution in [3.63, 3.8) is 0 Å². The molecule has 1 aliphatic heterocycles. The third kappa shape index (κ3) is 1.86. The highest BCUT2D eigenvalue weighted by atomic mass is 15.2. The Morgan fingerprint density at radius 2 is 2.07 bits per heavy atom. The number of anilines is 1. The topological polar surface area (TPSA) is 39.1 Å². The van der Waals surface area contributed by atoms with Crippen molar-refractivity contribution in [2.75, 3.05) is 24.7 Å². The van der Waals surface area contributed by atoms with Gasteiger partial charge in [0.25, 0.3) is 0 Å². The van der Waals surface area contributed by atoms with Crippen LogP contribution in [0.3, 0.4) is 0 Å². The molecule has 14 heavy (non-hydrogen) atoms. The molecule has 1 saturated heterocycles. The van der Waals surface area contributed by atoms with Crippen molar-refractivity contribution >= 4 is 5.69 Å². The summed E-state index contributed by atoms with van der Waals surface area (Å²) in [5.74, 6) is 0. The van der Waals surface area contributed by atoms with Gasteiger partial charge < -0.3 is 4.90 Å². The third-order valence-electron chi connectivity index (χ3n) is 2.45. The van der Waals surface area contributed by atoms with Gasteiger partial charge in [0.15, 0.2) is 0 Å². The van der Waals surface area contributed by atoms with Crippen molar-refractivity contribution in [3.8, 4) is 6.07 Å². The lowest BCUT2D eigenvalue weighted by molar-refractivity contribution is 0.553. The average molecular weight is 187 g/mol. The van der Waals surface area contributed by atoms with Gasteiger partial charge in [0.2, 0.25) is 0 Å². The van der Waals surface area contributed by atoms with Crippen molar-refractivity contribution in [2.45, 2.75) is 6.42 Å². The molecular formula is C11H13N3. The van der Waals surface area contributed by atoms with Crippen LogP contribution in [0.5, 0.6) is 0 Å². The summed E-state index contributed by atoms with van der Waals surface area (Å²) in [6, 6.07) is 9.86. The zero-order chi connectivity index (χ0) is 9.80. The van der Waals surface area contributed by atoms with E-state index in [2.05, 4.69) is 16.3 Å². The molecule has 1 aliphatic rings. The zero-order valence-corrected chi connectivity index (χ0v) is 8.03. The van der Waals surface area contributed by atoms with E-state index in [4.69, 9.17) is 5.26 Å². The smallest absolute Gasteiger partial charge is 0.0991 e. The number of nitriles is 1. The molecule has 3 nitrogen and oxygen atoms in total. The molecular weight excluding hydrogens is 174 g/mol. The number of hydrogen-bond acceptors (Lipinski definition) is 3. The van der Waals surface area contributed by atoms with Gasteiger partial charge in [-0.3, -0.25) is 5.32 Å². The Hall–Kier alpha value is -1.53. The van der Waals surface area contributed by atoms with E-state index in [-0.39, 0.29) is 0 Å². The van der Waals surface area contributed by atoms with Gasteiger partial charge in [0.1, 0.15) is 0 Å². The number of rotatable bonds is 1. The first-order valence-electron chi connectivity index (χ1n) is 4.86. The fraction of sp³-hybridized carbons (Fsp3) is 0.364. The minimum atomic E-state index is 0.721. The Labute approximate surface area is 84.0 Å². The van der Waals surface area contributed by atoms with Crippen molar-refractivity contribution in [3.05, 3.63) is 29.8 Å². The molecule has 0 unspecified atom stereocenters. The van der Waals surface area contributed by atoms with Gasteiger partial charge in [-0.05, 0) is 37.2 Å². The second-order valence-electron chi connectivity index (χ2n) is 3.43. The summed E-state index contributed by atoms with van der Waals surface area (Å²) in [4.78, 5) is 2.28. The van der Waals surface area contributed by atoms with Gasteiger partial charge in [0, 0.05) is 12.2 Å². The summed E-state index contributed by atoms with van der Waals surface area (Å²) in [6.45, 7) is 3.11. The molecule has 1 N–H and O–H groups in total. The minimum absolute atomic E-state index is 0.721. The lowest BCUT2D eigenvalue weighted by Crippen LogP contribution is -2.41. The molecule has 0 radical (unpaired) electrons. The van der Waals surface area contributed by atoms with E-state index in [9.17, 15) is 0 Å². The Morgan fingerprint density at radius 3 is 2.64 bits per heavy atom. The van der Waals surface area contributed by atoms with Crippen LogP contribution >= 0.6 is 0 Å². The van der Waals surface area contributed by atoms with Crippen LogP contribution in [0.1, 0.15) is 12.0 Å². The highest BCUT2D eigenvalue weighted by Gasteiger charge is 2.09. The van der Waals surface area contributed by atoms with Gasteiger partial charge in [-0.2, -0.15) is 5.26 Å². The zero-order valence-electron chi connectivity index (χ0n) is 8.03. The first-order valence-corrected chi connectivity index (χ1v) is 4.86. The fourth-order valence-corrected chi connectivity index (χ4v) is 1.66. The highest BCUT2D eigenvalue weighted by Crippen LogP contribution is 2.15. The predicted octanol–water partition coefficient (Wildman–Crippen LogP) is 1.32. The quantitative estimate of drug-likeness (QED) is 0.720. The van der Waals surface area contributed by atoms with E-state index >= 15 is 0 Å². The molecule has 0 aromatic heterocycles. The maximum atomic E-state index is 8.66. The minimum Gasteiger partial charge on any atom is -0.359 e. The normalized spacial score (nSPS) is 16.4. The predicted molar refractivity (Wildman–Crippen MR) is 56.0 cm³/mol. The molecule has 1 aromatic carbocycles. The van der Waals surface area contributed by atoms with Crippen LogP contribution in [0.15, 0.2) is 24.3 Å². The van der Waals surface area contributed by atoms with Crippen LogP contribution in [-0.2, 0) is 0 Å². The molecule has 2 rings (SSSR count). The lowest BCUT2D eigenvalue weighted by atomic mass is 10.2. The van der Waals surface area contributed by atoms with Crippen LogP contribution in [-0.4, -0.2) is 19.8 Å². The van der Waals surface area contributed by atoms with Gasteiger partial charge in [-0.25, -0.2) is 0 Å². The van der Waals surface area contributed by atoms with Gasteiger partial charge in [0.05, 0.1) is 18.3 Å². The largest absolute Gasteiger partial charge is 0.359 e. The summed E-state index contributed by atoms with van der Waals surface area (Å²) >= 11 is 0. The first kappa shape index (κ1) is 9.04. The number of hydrogen-bond donors (Lipinski definition) is 1. The Balaban J connectivity index is 2.12. The van der Waals surface area contributed by atoms with Crippen molar-refractivity contribution in [2.24, 2.45) is 0 Å². The number of nitrogens with one attached hydrogen (secondary N) is 1. The SMILES string of the molecule is N#Cc1ccc(N2CCCNC2)cc1. The number of nitrogens with zero attached hydrogens (tertiary/aromatic N) is 2. The molecule has 0 bridgehead atoms. The van der Waals surface area contributed by atoms with Gasteiger partial charge in [-0.1, -0.05) is 0 Å². The van der Waals surface area contributed by atoms with Crippen molar-refractivity contribution in [1.29, 1.82) is 5.26 Å². The molecule has 1 heterocycles. The highest BCUT2D eigenvalue weighted by molar-refractivity contribution is 5.49. The molecule has 0 saturated carbocycles. The van der Waals surface area contributed by atoms with E-state index < -0.39 is 0 Å². The second kappa shape index (κ2) is 4.12. The summed E-state index contributed by atoms with van der Waals surface area (Å²) in [5.41, 5.74) is 1.91. The molecule has 0 spiro atoms. The van der Waals surface area contributed by atoms with Crippen LogP contribution in [0.2, 0.25) is 0 Å². The van der Waals surface area contributed by atoms with Crippen molar-refractivity contribution < 1.29 is 0 Å². The third-order valence-corrected chi connectivity index (χ3v) is 2.45. The summed E-state index contributed by atoms with van der Waals surface area (Å²) in [6.07, 6.45) is 1.18. The summed E-state index contributed by atoms with van der Waals surface area (Å²) < 4.78 is 0. The van der Waals surface area contributed by atoms with E-state index in [1.165, 1.54) is 12.1 Å². The van der Waals surface area contributed by atoms with Crippen molar-refractivity contribution in [1.82, 2.24) is 5.32 Å². The van der Waals surface area contributed by atoms with E-state index in [0.717, 1.165) is 25.3 Å². The molecule has 0 amide bonds. The number of benzene rings is 1. The second-order valence-corrected chi connectivity index (χ2v) is 3.43. The van der Waals surface area contributed by atoms with E-state index in [1.54, 1.807) is 0 Å². The molecule has 0 aliphatic carbocycles. The van der Waals surface area contributed by atoms with Crippen LogP contribution in [0, 0.1) is 11.3 Å². The van der Waals surface area contributed by atoms with Crippen LogP contribution in [0.4, 0.5) is 5.69 Å². The first-order chi connectivity index (χ1) is 6.90. The van der Waals surface area contributed by atoms with Crippen LogP contribution < -0.4 is 10.2 Å². The molecule has 1 aromatic rings. The standard InChI is InChI=1S/C11H13N3/c12-8-10-2-4-11(5-3-10)14-7-1-6-13-9-14/h2-5,13H,1,6-7,9H2. The Kier molecular flexibility index (Phi) is 2.66.